The van der Waals surface area contributed by atoms with Crippen molar-refractivity contribution in [2.75, 3.05) is 38.0 Å². The van der Waals surface area contributed by atoms with Crippen LogP contribution in [-0.2, 0) is 28.0 Å². The van der Waals surface area contributed by atoms with Crippen molar-refractivity contribution in [3.8, 4) is 16.9 Å². The molecule has 2 aromatic heterocycles. The lowest BCUT2D eigenvalue weighted by atomic mass is 10.0. The van der Waals surface area contributed by atoms with E-state index in [1.807, 2.05) is 0 Å². The van der Waals surface area contributed by atoms with Gasteiger partial charge in [-0.2, -0.15) is 23.3 Å². The van der Waals surface area contributed by atoms with E-state index in [1.54, 1.807) is 30.1 Å². The molecule has 17 heteroatoms. The number of alkyl halides is 3. The van der Waals surface area contributed by atoms with Crippen LogP contribution in [0.25, 0.3) is 11.1 Å². The van der Waals surface area contributed by atoms with E-state index in [0.717, 1.165) is 0 Å². The molecule has 0 spiro atoms. The number of aliphatic hydroxyl groups excluding tert-OH is 1. The van der Waals surface area contributed by atoms with Crippen molar-refractivity contribution in [2.45, 2.75) is 32.2 Å². The number of aliphatic hydroxyl groups is 1. The second-order valence-electron chi connectivity index (χ2n) is 9.86. The van der Waals surface area contributed by atoms with Gasteiger partial charge >= 0.3 is 13.8 Å². The molecule has 0 aliphatic rings. The molecular weight excluding hydrogens is 630 g/mol. The summed E-state index contributed by atoms with van der Waals surface area (Å²) in [6.07, 6.45) is -0.685. The Bertz CT molecular complexity index is 1730. The Morgan fingerprint density at radius 3 is 2.52 bits per heavy atom. The highest BCUT2D eigenvalue weighted by atomic mass is 31.2. The van der Waals surface area contributed by atoms with Gasteiger partial charge in [-0.05, 0) is 48.7 Å². The van der Waals surface area contributed by atoms with Gasteiger partial charge in [0.2, 0.25) is 5.95 Å². The molecule has 1 atom stereocenters. The SMILES string of the molecule is CCOP(=O)(O)Cc1ccc(Nc2ncc(C(F)(F)F)c(Nc3ccc(-c4cnn(CCCO)c4)cc3C(=O)NC)n2)c(OC)c1. The van der Waals surface area contributed by atoms with Crippen molar-refractivity contribution >= 4 is 36.6 Å². The Morgan fingerprint density at radius 1 is 1.09 bits per heavy atom. The molecule has 1 amide bonds. The van der Waals surface area contributed by atoms with Crippen LogP contribution < -0.4 is 20.7 Å². The largest absolute Gasteiger partial charge is 0.495 e. The van der Waals surface area contributed by atoms with Gasteiger partial charge < -0.3 is 35.2 Å². The number of nitrogens with one attached hydrogen (secondary N) is 3. The van der Waals surface area contributed by atoms with E-state index in [4.69, 9.17) is 14.4 Å². The number of halogens is 3. The predicted molar refractivity (Wildman–Crippen MR) is 165 cm³/mol. The van der Waals surface area contributed by atoms with Crippen LogP contribution in [0.3, 0.4) is 0 Å². The zero-order valence-corrected chi connectivity index (χ0v) is 26.0. The molecule has 0 saturated heterocycles. The van der Waals surface area contributed by atoms with Crippen LogP contribution in [0.15, 0.2) is 55.0 Å². The Labute approximate surface area is 262 Å². The standard InChI is InChI=1S/C29H33F3N7O6P/c1-4-45-46(42,43)17-18-6-8-24(25(12-18)44-3)37-28-34-15-22(29(30,31)32)26(38-28)36-23-9-7-19(13-21(23)27(41)33-2)20-14-35-39(16-20)10-5-11-40/h6-9,12-16,40H,4-5,10-11,17H2,1-3H3,(H,33,41)(H,42,43)(H2,34,36,37,38). The molecule has 0 radical (unpaired) electrons. The van der Waals surface area contributed by atoms with Crippen molar-refractivity contribution in [3.63, 3.8) is 0 Å². The van der Waals surface area contributed by atoms with Gasteiger partial charge in [-0.15, -0.1) is 0 Å². The van der Waals surface area contributed by atoms with E-state index in [-0.39, 0.29) is 48.0 Å². The van der Waals surface area contributed by atoms with Crippen LogP contribution in [0.1, 0.15) is 34.8 Å². The first-order chi connectivity index (χ1) is 21.9. The Kier molecular flexibility index (Phi) is 11.0. The summed E-state index contributed by atoms with van der Waals surface area (Å²) in [6, 6.07) is 9.13. The van der Waals surface area contributed by atoms with Crippen LogP contribution >= 0.6 is 7.60 Å². The van der Waals surface area contributed by atoms with Crippen LogP contribution in [0, 0.1) is 0 Å². The minimum absolute atomic E-state index is 0.000112. The number of hydrogen-bond donors (Lipinski definition) is 5. The second kappa shape index (κ2) is 14.7. The van der Waals surface area contributed by atoms with Crippen molar-refractivity contribution in [2.24, 2.45) is 0 Å². The first-order valence-corrected chi connectivity index (χ1v) is 15.7. The number of carbonyl (C=O) groups excluding carboxylic acids is 1. The topological polar surface area (TPSA) is 173 Å². The summed E-state index contributed by atoms with van der Waals surface area (Å²) in [4.78, 5) is 30.7. The highest BCUT2D eigenvalue weighted by Gasteiger charge is 2.36. The van der Waals surface area contributed by atoms with Crippen LogP contribution in [0.4, 0.5) is 36.3 Å². The maximum Gasteiger partial charge on any atom is 0.421 e. The number of anilines is 4. The maximum atomic E-state index is 14.0. The molecule has 4 aromatic rings. The summed E-state index contributed by atoms with van der Waals surface area (Å²) in [5.74, 6) is -1.19. The molecule has 0 saturated carbocycles. The van der Waals surface area contributed by atoms with Crippen molar-refractivity contribution < 1.29 is 41.8 Å². The maximum absolute atomic E-state index is 14.0. The molecule has 0 bridgehead atoms. The van der Waals surface area contributed by atoms with E-state index < -0.39 is 31.1 Å². The predicted octanol–water partition coefficient (Wildman–Crippen LogP) is 5.32. The van der Waals surface area contributed by atoms with Gasteiger partial charge in [-0.1, -0.05) is 12.1 Å². The lowest BCUT2D eigenvalue weighted by Crippen LogP contribution is -2.20. The van der Waals surface area contributed by atoms with E-state index in [9.17, 15) is 27.4 Å². The molecule has 0 fully saturated rings. The fourth-order valence-corrected chi connectivity index (χ4v) is 5.58. The number of carbonyl (C=O) groups is 1. The monoisotopic (exact) mass is 663 g/mol. The summed E-state index contributed by atoms with van der Waals surface area (Å²) in [5, 5.41) is 21.3. The third-order valence-electron chi connectivity index (χ3n) is 6.58. The first-order valence-electron chi connectivity index (χ1n) is 14.0. The highest BCUT2D eigenvalue weighted by molar-refractivity contribution is 7.51. The molecule has 2 aromatic carbocycles. The minimum atomic E-state index is -4.84. The third kappa shape index (κ3) is 8.60. The zero-order valence-electron chi connectivity index (χ0n) is 25.1. The van der Waals surface area contributed by atoms with Crippen LogP contribution in [0.2, 0.25) is 0 Å². The number of amides is 1. The fraction of sp³-hybridized carbons (Fsp3) is 0.310. The molecule has 1 unspecified atom stereocenters. The van der Waals surface area contributed by atoms with E-state index in [1.165, 1.54) is 44.5 Å². The summed E-state index contributed by atoms with van der Waals surface area (Å²) in [7, 11) is -1.13. The second-order valence-corrected chi connectivity index (χ2v) is 11.7. The number of methoxy groups -OCH3 is 1. The van der Waals surface area contributed by atoms with Crippen molar-refractivity contribution in [1.82, 2.24) is 25.1 Å². The van der Waals surface area contributed by atoms with E-state index in [0.29, 0.717) is 35.9 Å². The number of benzene rings is 2. The van der Waals surface area contributed by atoms with Gasteiger partial charge in [0.1, 0.15) is 17.1 Å². The number of ether oxygens (including phenoxy) is 1. The van der Waals surface area contributed by atoms with Crippen molar-refractivity contribution in [1.29, 1.82) is 0 Å². The molecule has 4 rings (SSSR count). The average molecular weight is 664 g/mol. The van der Waals surface area contributed by atoms with Crippen molar-refractivity contribution in [3.05, 3.63) is 71.7 Å². The minimum Gasteiger partial charge on any atom is -0.495 e. The number of aryl methyl sites for hydroxylation is 1. The van der Waals surface area contributed by atoms with E-state index in [2.05, 4.69) is 31.0 Å². The summed E-state index contributed by atoms with van der Waals surface area (Å²) >= 11 is 0. The molecule has 2 heterocycles. The number of aromatic nitrogens is 4. The van der Waals surface area contributed by atoms with Gasteiger partial charge in [0.15, 0.2) is 0 Å². The molecule has 0 aliphatic carbocycles. The van der Waals surface area contributed by atoms with Gasteiger partial charge in [-0.25, -0.2) is 4.98 Å². The first kappa shape index (κ1) is 34.4. The highest BCUT2D eigenvalue weighted by Crippen LogP contribution is 2.46. The molecule has 5 N–H and O–H groups in total. The lowest BCUT2D eigenvalue weighted by molar-refractivity contribution is -0.137. The van der Waals surface area contributed by atoms with Crippen LogP contribution in [-0.4, -0.2) is 63.0 Å². The number of rotatable bonds is 14. The van der Waals surface area contributed by atoms with Gasteiger partial charge in [0.25, 0.3) is 5.91 Å². The Balaban J connectivity index is 1.67. The van der Waals surface area contributed by atoms with Gasteiger partial charge in [0.05, 0.1) is 43.0 Å². The Morgan fingerprint density at radius 2 is 1.85 bits per heavy atom. The molecule has 46 heavy (non-hydrogen) atoms. The summed E-state index contributed by atoms with van der Waals surface area (Å²) in [5.41, 5.74) is 0.891. The zero-order chi connectivity index (χ0) is 33.5. The fourth-order valence-electron chi connectivity index (χ4n) is 4.43. The lowest BCUT2D eigenvalue weighted by Gasteiger charge is -2.18. The average Bonchev–Trinajstić information content (AvgIpc) is 3.49. The normalized spacial score (nSPS) is 12.8. The number of nitrogens with zero attached hydrogens (tertiary/aromatic N) is 4. The molecule has 13 nitrogen and oxygen atoms in total. The smallest absolute Gasteiger partial charge is 0.421 e. The van der Waals surface area contributed by atoms with Crippen LogP contribution in [0.5, 0.6) is 5.75 Å². The van der Waals surface area contributed by atoms with E-state index >= 15 is 0 Å². The molecule has 0 aliphatic heterocycles. The quantitative estimate of drug-likeness (QED) is 0.111. The summed E-state index contributed by atoms with van der Waals surface area (Å²) < 4.78 is 66.2. The third-order valence-corrected chi connectivity index (χ3v) is 8.00. The molecular formula is C29H33F3N7O6P. The number of hydrogen-bond acceptors (Lipinski definition) is 10. The molecule has 246 valence electrons. The Hall–Kier alpha value is -4.50. The van der Waals surface area contributed by atoms with Gasteiger partial charge in [-0.3, -0.25) is 14.0 Å². The summed E-state index contributed by atoms with van der Waals surface area (Å²) in [6.45, 7) is 2.13. The van der Waals surface area contributed by atoms with Gasteiger partial charge in [0, 0.05) is 38.2 Å².